The molecule has 2 aliphatic rings. The number of nitrogens with zero attached hydrogens (tertiary/aromatic N) is 2. The third-order valence-electron chi connectivity index (χ3n) is 4.93. The minimum Gasteiger partial charge on any atom is -0.468 e. The van der Waals surface area contributed by atoms with E-state index in [0.717, 1.165) is 25.1 Å². The standard InChI is InChI=1S/C19H19N3O4/c1-11-8-15-17(19(23)22(11)10-12-4-2-6-24-12)16(14-5-3-7-25-14)13(9-20)18(21)26-15/h3,5,7-8,12,16H,2,4,6,10,21H2,1H3/t12-,16+/m1/s1. The van der Waals surface area contributed by atoms with Crippen LogP contribution in [0.25, 0.3) is 0 Å². The van der Waals surface area contributed by atoms with Gasteiger partial charge in [0.2, 0.25) is 5.88 Å². The monoisotopic (exact) mass is 353 g/mol. The van der Waals surface area contributed by atoms with E-state index in [-0.39, 0.29) is 23.1 Å². The lowest BCUT2D eigenvalue weighted by molar-refractivity contribution is 0.0954. The molecule has 4 rings (SSSR count). The Balaban J connectivity index is 1.88. The molecule has 0 spiro atoms. The number of ether oxygens (including phenoxy) is 2. The van der Waals surface area contributed by atoms with Gasteiger partial charge in [-0.15, -0.1) is 0 Å². The molecule has 0 bridgehead atoms. The molecule has 7 nitrogen and oxygen atoms in total. The Bertz CT molecular complexity index is 960. The second-order valence-electron chi connectivity index (χ2n) is 6.55. The van der Waals surface area contributed by atoms with Crippen LogP contribution >= 0.6 is 0 Å². The minimum atomic E-state index is -0.678. The highest BCUT2D eigenvalue weighted by atomic mass is 16.5. The SMILES string of the molecule is Cc1cc2c(c(=O)n1C[C@H]1CCCO1)[C@H](c1ccco1)C(C#N)=C(N)O2. The number of aromatic nitrogens is 1. The van der Waals surface area contributed by atoms with E-state index in [1.165, 1.54) is 6.26 Å². The summed E-state index contributed by atoms with van der Waals surface area (Å²) < 4.78 is 18.5. The van der Waals surface area contributed by atoms with E-state index >= 15 is 0 Å². The number of hydrogen-bond acceptors (Lipinski definition) is 6. The van der Waals surface area contributed by atoms with Crippen LogP contribution in [0.1, 0.15) is 35.8 Å². The number of fused-ring (bicyclic) bond motifs is 1. The smallest absolute Gasteiger partial charge is 0.258 e. The van der Waals surface area contributed by atoms with Gasteiger partial charge in [-0.25, -0.2) is 0 Å². The van der Waals surface area contributed by atoms with Gasteiger partial charge in [-0.05, 0) is 31.9 Å². The van der Waals surface area contributed by atoms with Crippen molar-refractivity contribution >= 4 is 0 Å². The van der Waals surface area contributed by atoms with Crippen molar-refractivity contribution in [2.24, 2.45) is 5.73 Å². The largest absolute Gasteiger partial charge is 0.468 e. The zero-order chi connectivity index (χ0) is 18.3. The molecule has 7 heteroatoms. The Hall–Kier alpha value is -2.98. The number of allylic oxidation sites excluding steroid dienone is 1. The Labute approximate surface area is 150 Å². The van der Waals surface area contributed by atoms with Crippen molar-refractivity contribution in [1.82, 2.24) is 4.57 Å². The molecule has 134 valence electrons. The van der Waals surface area contributed by atoms with Gasteiger partial charge in [-0.1, -0.05) is 0 Å². The molecule has 0 aliphatic carbocycles. The second-order valence-corrected chi connectivity index (χ2v) is 6.55. The van der Waals surface area contributed by atoms with Crippen LogP contribution in [0.3, 0.4) is 0 Å². The maximum Gasteiger partial charge on any atom is 0.258 e. The Kier molecular flexibility index (Phi) is 4.05. The van der Waals surface area contributed by atoms with Gasteiger partial charge in [0.05, 0.1) is 30.4 Å². The molecular formula is C19H19N3O4. The molecule has 2 atom stereocenters. The summed E-state index contributed by atoms with van der Waals surface area (Å²) in [6.45, 7) is 3.05. The number of furan rings is 1. The van der Waals surface area contributed by atoms with Gasteiger partial charge < -0.3 is 24.2 Å². The predicted octanol–water partition coefficient (Wildman–Crippen LogP) is 2.15. The maximum atomic E-state index is 13.3. The van der Waals surface area contributed by atoms with Crippen LogP contribution in [0.15, 0.2) is 45.1 Å². The average molecular weight is 353 g/mol. The molecule has 0 amide bonds. The molecule has 2 aromatic rings. The second kappa shape index (κ2) is 6.39. The van der Waals surface area contributed by atoms with Crippen molar-refractivity contribution in [3.05, 3.63) is 63.3 Å². The summed E-state index contributed by atoms with van der Waals surface area (Å²) in [5, 5.41) is 9.56. The maximum absolute atomic E-state index is 13.3. The van der Waals surface area contributed by atoms with Gasteiger partial charge in [0.15, 0.2) is 0 Å². The lowest BCUT2D eigenvalue weighted by Crippen LogP contribution is -2.34. The number of aryl methyl sites for hydroxylation is 1. The van der Waals surface area contributed by atoms with E-state index < -0.39 is 5.92 Å². The fraction of sp³-hybridized carbons (Fsp3) is 0.368. The van der Waals surface area contributed by atoms with Gasteiger partial charge in [0, 0.05) is 18.4 Å². The number of pyridine rings is 1. The van der Waals surface area contributed by atoms with Gasteiger partial charge in [0.1, 0.15) is 23.2 Å². The van der Waals surface area contributed by atoms with Crippen molar-refractivity contribution in [2.45, 2.75) is 38.3 Å². The molecular weight excluding hydrogens is 334 g/mol. The number of rotatable bonds is 3. The van der Waals surface area contributed by atoms with Crippen LogP contribution in [-0.4, -0.2) is 17.3 Å². The third-order valence-corrected chi connectivity index (χ3v) is 4.93. The minimum absolute atomic E-state index is 0.00271. The number of hydrogen-bond donors (Lipinski definition) is 1. The molecule has 1 fully saturated rings. The third kappa shape index (κ3) is 2.59. The van der Waals surface area contributed by atoms with Crippen LogP contribution in [-0.2, 0) is 11.3 Å². The van der Waals surface area contributed by atoms with E-state index in [0.29, 0.717) is 23.6 Å². The summed E-state index contributed by atoms with van der Waals surface area (Å²) in [6.07, 6.45) is 3.46. The normalized spacial score (nSPS) is 22.0. The van der Waals surface area contributed by atoms with Crippen LogP contribution in [0.4, 0.5) is 0 Å². The van der Waals surface area contributed by atoms with Crippen molar-refractivity contribution < 1.29 is 13.9 Å². The van der Waals surface area contributed by atoms with Crippen LogP contribution in [0.5, 0.6) is 5.75 Å². The highest BCUT2D eigenvalue weighted by Crippen LogP contribution is 2.40. The van der Waals surface area contributed by atoms with Crippen LogP contribution in [0, 0.1) is 18.3 Å². The average Bonchev–Trinajstić information content (AvgIpc) is 3.31. The predicted molar refractivity (Wildman–Crippen MR) is 92.4 cm³/mol. The first-order valence-corrected chi connectivity index (χ1v) is 8.57. The highest BCUT2D eigenvalue weighted by Gasteiger charge is 2.36. The molecule has 0 saturated carbocycles. The summed E-state index contributed by atoms with van der Waals surface area (Å²) >= 11 is 0. The summed E-state index contributed by atoms with van der Waals surface area (Å²) in [5.74, 6) is 0.173. The molecule has 2 N–H and O–H groups in total. The Morgan fingerprint density at radius 2 is 2.31 bits per heavy atom. The quantitative estimate of drug-likeness (QED) is 0.907. The molecule has 4 heterocycles. The first-order chi connectivity index (χ1) is 12.6. The van der Waals surface area contributed by atoms with Gasteiger partial charge in [-0.2, -0.15) is 5.26 Å². The molecule has 1 saturated heterocycles. The van der Waals surface area contributed by atoms with Crippen molar-refractivity contribution in [3.63, 3.8) is 0 Å². The molecule has 0 radical (unpaired) electrons. The van der Waals surface area contributed by atoms with Crippen molar-refractivity contribution in [2.75, 3.05) is 6.61 Å². The van der Waals surface area contributed by atoms with Crippen LogP contribution < -0.4 is 16.0 Å². The molecule has 0 unspecified atom stereocenters. The zero-order valence-corrected chi connectivity index (χ0v) is 14.4. The van der Waals surface area contributed by atoms with Gasteiger partial charge >= 0.3 is 0 Å². The first-order valence-electron chi connectivity index (χ1n) is 8.57. The lowest BCUT2D eigenvalue weighted by atomic mass is 9.88. The topological polar surface area (TPSA) is 103 Å². The fourth-order valence-electron chi connectivity index (χ4n) is 3.65. The highest BCUT2D eigenvalue weighted by molar-refractivity contribution is 5.53. The van der Waals surface area contributed by atoms with E-state index in [2.05, 4.69) is 6.07 Å². The van der Waals surface area contributed by atoms with E-state index in [1.54, 1.807) is 22.8 Å². The van der Waals surface area contributed by atoms with E-state index in [4.69, 9.17) is 19.6 Å². The fourth-order valence-corrected chi connectivity index (χ4v) is 3.65. The molecule has 0 aromatic carbocycles. The lowest BCUT2D eigenvalue weighted by Gasteiger charge is -2.26. The summed E-state index contributed by atoms with van der Waals surface area (Å²) in [5.41, 5.74) is 7.03. The van der Waals surface area contributed by atoms with Crippen LogP contribution in [0.2, 0.25) is 0 Å². The van der Waals surface area contributed by atoms with Crippen molar-refractivity contribution in [3.8, 4) is 11.8 Å². The molecule has 26 heavy (non-hydrogen) atoms. The van der Waals surface area contributed by atoms with Crippen molar-refractivity contribution in [1.29, 1.82) is 5.26 Å². The zero-order valence-electron chi connectivity index (χ0n) is 14.4. The Morgan fingerprint density at radius 1 is 1.46 bits per heavy atom. The molecule has 2 aliphatic heterocycles. The molecule has 2 aromatic heterocycles. The first kappa shape index (κ1) is 16.5. The van der Waals surface area contributed by atoms with E-state index in [1.807, 2.05) is 6.92 Å². The van der Waals surface area contributed by atoms with Gasteiger partial charge in [-0.3, -0.25) is 4.79 Å². The summed E-state index contributed by atoms with van der Waals surface area (Å²) in [4.78, 5) is 13.3. The van der Waals surface area contributed by atoms with Gasteiger partial charge in [0.25, 0.3) is 5.56 Å². The summed E-state index contributed by atoms with van der Waals surface area (Å²) in [6, 6.07) is 7.29. The van der Waals surface area contributed by atoms with E-state index in [9.17, 15) is 10.1 Å². The Morgan fingerprint density at radius 3 is 2.96 bits per heavy atom. The summed E-state index contributed by atoms with van der Waals surface area (Å²) in [7, 11) is 0. The number of nitrogens with two attached hydrogens (primary N) is 1. The number of nitriles is 1.